The van der Waals surface area contributed by atoms with E-state index in [1.807, 2.05) is 71.3 Å². The van der Waals surface area contributed by atoms with E-state index in [2.05, 4.69) is 22.2 Å². The highest BCUT2D eigenvalue weighted by molar-refractivity contribution is 5.97. The lowest BCUT2D eigenvalue weighted by molar-refractivity contribution is 0.0974. The Labute approximate surface area is 155 Å². The van der Waals surface area contributed by atoms with Gasteiger partial charge in [0.1, 0.15) is 6.33 Å². The molecule has 5 aromatic rings. The molecule has 0 aliphatic heterocycles. The minimum atomic E-state index is 0.0425. The second kappa shape index (κ2) is 6.21. The molecular formula is C22H16N4O. The molecule has 0 radical (unpaired) electrons. The summed E-state index contributed by atoms with van der Waals surface area (Å²) in [5.74, 6) is 0.714. The van der Waals surface area contributed by atoms with Crippen LogP contribution in [0.4, 0.5) is 0 Å². The highest BCUT2D eigenvalue weighted by atomic mass is 16.1. The molecular weight excluding hydrogens is 336 g/mol. The van der Waals surface area contributed by atoms with Crippen molar-refractivity contribution < 1.29 is 4.79 Å². The molecule has 0 aliphatic rings. The third-order valence-electron chi connectivity index (χ3n) is 4.79. The van der Waals surface area contributed by atoms with Gasteiger partial charge >= 0.3 is 0 Å². The number of nitrogens with zero attached hydrogens (tertiary/aromatic N) is 4. The number of benzene rings is 3. The SMILES string of the molecule is O=C(Cn1c2ccccc2n2ncnc12)c1ccc(-c2ccccc2)cc1. The Bertz CT molecular complexity index is 1250. The van der Waals surface area contributed by atoms with Gasteiger partial charge in [-0.2, -0.15) is 14.6 Å². The largest absolute Gasteiger partial charge is 0.300 e. The molecule has 0 unspecified atom stereocenters. The lowest BCUT2D eigenvalue weighted by Gasteiger charge is -2.06. The van der Waals surface area contributed by atoms with E-state index >= 15 is 0 Å². The summed E-state index contributed by atoms with van der Waals surface area (Å²) in [6.45, 7) is 0.223. The van der Waals surface area contributed by atoms with Gasteiger partial charge in [0.15, 0.2) is 5.78 Å². The number of carbonyl (C=O) groups is 1. The number of imidazole rings is 1. The zero-order valence-corrected chi connectivity index (χ0v) is 14.5. The van der Waals surface area contributed by atoms with Crippen LogP contribution in [0.25, 0.3) is 27.9 Å². The van der Waals surface area contributed by atoms with Crippen LogP contribution in [0.1, 0.15) is 10.4 Å². The maximum atomic E-state index is 12.9. The van der Waals surface area contributed by atoms with Crippen LogP contribution in [0.2, 0.25) is 0 Å². The second-order valence-electron chi connectivity index (χ2n) is 6.41. The zero-order chi connectivity index (χ0) is 18.2. The standard InChI is InChI=1S/C22H16N4O/c27-21(18-12-10-17(11-13-18)16-6-2-1-3-7-16)14-25-19-8-4-5-9-20(19)26-22(25)23-15-24-26/h1-13,15H,14H2. The van der Waals surface area contributed by atoms with Crippen molar-refractivity contribution in [1.29, 1.82) is 0 Å². The maximum Gasteiger partial charge on any atom is 0.233 e. The molecule has 2 aromatic heterocycles. The number of aromatic nitrogens is 4. The summed E-state index contributed by atoms with van der Waals surface area (Å²) in [5, 5.41) is 4.27. The van der Waals surface area contributed by atoms with Crippen molar-refractivity contribution in [3.8, 4) is 11.1 Å². The van der Waals surface area contributed by atoms with Crippen LogP contribution in [0.5, 0.6) is 0 Å². The van der Waals surface area contributed by atoms with Crippen molar-refractivity contribution in [2.45, 2.75) is 6.54 Å². The van der Waals surface area contributed by atoms with Crippen molar-refractivity contribution in [1.82, 2.24) is 19.2 Å². The van der Waals surface area contributed by atoms with E-state index in [9.17, 15) is 4.79 Å². The van der Waals surface area contributed by atoms with Gasteiger partial charge < -0.3 is 4.57 Å². The molecule has 0 saturated heterocycles. The van der Waals surface area contributed by atoms with E-state index in [4.69, 9.17) is 0 Å². The molecule has 0 saturated carbocycles. The van der Waals surface area contributed by atoms with Crippen LogP contribution in [-0.2, 0) is 6.54 Å². The highest BCUT2D eigenvalue weighted by Gasteiger charge is 2.15. The molecule has 3 aromatic carbocycles. The third-order valence-corrected chi connectivity index (χ3v) is 4.79. The number of ketones is 1. The lowest BCUT2D eigenvalue weighted by atomic mass is 10.0. The van der Waals surface area contributed by atoms with Gasteiger partial charge in [0.2, 0.25) is 5.78 Å². The molecule has 0 atom stereocenters. The number of hydrogen-bond acceptors (Lipinski definition) is 3. The highest BCUT2D eigenvalue weighted by Crippen LogP contribution is 2.22. The average molecular weight is 352 g/mol. The van der Waals surface area contributed by atoms with Crippen molar-refractivity contribution >= 4 is 22.6 Å². The Hall–Kier alpha value is -3.73. The number of fused-ring (bicyclic) bond motifs is 3. The van der Waals surface area contributed by atoms with Crippen LogP contribution in [0, 0.1) is 0 Å². The predicted molar refractivity (Wildman–Crippen MR) is 105 cm³/mol. The van der Waals surface area contributed by atoms with Crippen LogP contribution in [0.3, 0.4) is 0 Å². The summed E-state index contributed by atoms with van der Waals surface area (Å²) >= 11 is 0. The topological polar surface area (TPSA) is 52.2 Å². The molecule has 0 bridgehead atoms. The Morgan fingerprint density at radius 2 is 1.44 bits per heavy atom. The summed E-state index contributed by atoms with van der Waals surface area (Å²) < 4.78 is 3.68. The zero-order valence-electron chi connectivity index (χ0n) is 14.5. The molecule has 0 spiro atoms. The third kappa shape index (κ3) is 2.60. The van der Waals surface area contributed by atoms with Gasteiger partial charge in [0, 0.05) is 5.56 Å². The van der Waals surface area contributed by atoms with Crippen molar-refractivity contribution in [2.75, 3.05) is 0 Å². The number of rotatable bonds is 4. The monoisotopic (exact) mass is 352 g/mol. The fourth-order valence-electron chi connectivity index (χ4n) is 3.44. The van der Waals surface area contributed by atoms with Gasteiger partial charge in [-0.25, -0.2) is 0 Å². The Balaban J connectivity index is 1.48. The van der Waals surface area contributed by atoms with E-state index in [0.29, 0.717) is 11.3 Å². The van der Waals surface area contributed by atoms with Gasteiger partial charge in [-0.15, -0.1) is 0 Å². The summed E-state index contributed by atoms with van der Waals surface area (Å²) in [6.07, 6.45) is 1.51. The molecule has 0 N–H and O–H groups in total. The van der Waals surface area contributed by atoms with Gasteiger partial charge in [-0.05, 0) is 23.3 Å². The molecule has 27 heavy (non-hydrogen) atoms. The summed E-state index contributed by atoms with van der Waals surface area (Å²) in [4.78, 5) is 17.2. The van der Waals surface area contributed by atoms with Crippen LogP contribution >= 0.6 is 0 Å². The van der Waals surface area contributed by atoms with Gasteiger partial charge in [0.25, 0.3) is 0 Å². The van der Waals surface area contributed by atoms with Gasteiger partial charge in [-0.3, -0.25) is 4.79 Å². The number of Topliss-reactive ketones (excluding diaryl/α,β-unsaturated/α-hetero) is 1. The van der Waals surface area contributed by atoms with E-state index in [1.165, 1.54) is 6.33 Å². The minimum Gasteiger partial charge on any atom is -0.300 e. The molecule has 5 heteroatoms. The fraction of sp³-hybridized carbons (Fsp3) is 0.0455. The normalized spacial score (nSPS) is 11.3. The van der Waals surface area contributed by atoms with Crippen molar-refractivity contribution in [3.63, 3.8) is 0 Å². The maximum absolute atomic E-state index is 12.9. The molecule has 2 heterocycles. The first kappa shape index (κ1) is 15.5. The Morgan fingerprint density at radius 3 is 2.22 bits per heavy atom. The lowest BCUT2D eigenvalue weighted by Crippen LogP contribution is -2.10. The van der Waals surface area contributed by atoms with Gasteiger partial charge in [-0.1, -0.05) is 66.7 Å². The van der Waals surface area contributed by atoms with Crippen LogP contribution in [0.15, 0.2) is 85.2 Å². The van der Waals surface area contributed by atoms with E-state index < -0.39 is 0 Å². The second-order valence-corrected chi connectivity index (χ2v) is 6.41. The quantitative estimate of drug-likeness (QED) is 0.455. The average Bonchev–Trinajstić information content (AvgIpc) is 3.32. The molecule has 0 fully saturated rings. The van der Waals surface area contributed by atoms with Crippen molar-refractivity contribution in [2.24, 2.45) is 0 Å². The summed E-state index contributed by atoms with van der Waals surface area (Å²) in [5.41, 5.74) is 4.81. The van der Waals surface area contributed by atoms with E-state index in [1.54, 1.807) is 4.52 Å². The number of para-hydroxylation sites is 2. The fourth-order valence-corrected chi connectivity index (χ4v) is 3.44. The molecule has 130 valence electrons. The number of carbonyl (C=O) groups excluding carboxylic acids is 1. The smallest absolute Gasteiger partial charge is 0.233 e. The molecule has 5 nitrogen and oxygen atoms in total. The van der Waals surface area contributed by atoms with Crippen molar-refractivity contribution in [3.05, 3.63) is 90.8 Å². The summed E-state index contributed by atoms with van der Waals surface area (Å²) in [7, 11) is 0. The predicted octanol–water partition coefficient (Wildman–Crippen LogP) is 4.23. The number of hydrogen-bond donors (Lipinski definition) is 0. The first-order valence-corrected chi connectivity index (χ1v) is 8.77. The Morgan fingerprint density at radius 1 is 0.778 bits per heavy atom. The summed E-state index contributed by atoms with van der Waals surface area (Å²) in [6, 6.07) is 25.8. The van der Waals surface area contributed by atoms with Crippen LogP contribution < -0.4 is 0 Å². The molecule has 0 amide bonds. The van der Waals surface area contributed by atoms with E-state index in [0.717, 1.165) is 22.2 Å². The minimum absolute atomic E-state index is 0.0425. The molecule has 0 aliphatic carbocycles. The van der Waals surface area contributed by atoms with E-state index in [-0.39, 0.29) is 12.3 Å². The first-order chi connectivity index (χ1) is 13.3. The van der Waals surface area contributed by atoms with Crippen LogP contribution in [-0.4, -0.2) is 24.9 Å². The molecule has 5 rings (SSSR count). The van der Waals surface area contributed by atoms with Gasteiger partial charge in [0.05, 0.1) is 17.6 Å². The first-order valence-electron chi connectivity index (χ1n) is 8.77. The Kier molecular flexibility index (Phi) is 3.57.